The number of unbranched alkanes of at least 4 members (excludes halogenated alkanes) is 1. The number of piperidine rings is 1. The number of halogens is 1. The number of aliphatic hydroxyl groups is 2. The molecule has 1 spiro atoms. The number of aliphatic hydroxyl groups excluding tert-OH is 2. The van der Waals surface area contributed by atoms with Crippen molar-refractivity contribution >= 4 is 30.2 Å². The van der Waals surface area contributed by atoms with Crippen molar-refractivity contribution in [3.8, 4) is 11.5 Å². The fourth-order valence-electron chi connectivity index (χ4n) is 6.73. The predicted octanol–water partition coefficient (Wildman–Crippen LogP) is 3.97. The van der Waals surface area contributed by atoms with Crippen LogP contribution in [0.5, 0.6) is 11.5 Å². The zero-order valence-corrected chi connectivity index (χ0v) is 26.0. The number of hydrogen-bond acceptors (Lipinski definition) is 7. The van der Waals surface area contributed by atoms with Gasteiger partial charge in [0.25, 0.3) is 0 Å². The molecule has 3 aliphatic rings. The number of ether oxygens (including phenoxy) is 1. The largest absolute Gasteiger partial charge is 0.478 e. The van der Waals surface area contributed by atoms with Crippen LogP contribution in [0, 0.1) is 5.92 Å². The Bertz CT molecular complexity index is 1270. The maximum absolute atomic E-state index is 13.8. The van der Waals surface area contributed by atoms with E-state index in [1.165, 1.54) is 12.1 Å². The molecule has 44 heavy (non-hydrogen) atoms. The highest BCUT2D eigenvalue weighted by Gasteiger charge is 2.55. The molecule has 2 saturated heterocycles. The molecule has 1 saturated carbocycles. The average molecular weight is 630 g/mol. The van der Waals surface area contributed by atoms with Crippen LogP contribution in [0.4, 0.5) is 0 Å². The Hall–Kier alpha value is -3.18. The molecule has 0 radical (unpaired) electrons. The van der Waals surface area contributed by atoms with Gasteiger partial charge in [0.1, 0.15) is 23.1 Å². The molecule has 3 fully saturated rings. The molecule has 0 bridgehead atoms. The first-order valence-corrected chi connectivity index (χ1v) is 15.5. The molecule has 5 rings (SSSR count). The fourth-order valence-corrected chi connectivity index (χ4v) is 6.73. The number of hydrogen-bond donors (Lipinski definition) is 4. The third-order valence-corrected chi connectivity index (χ3v) is 9.41. The minimum atomic E-state index is -0.983. The monoisotopic (exact) mass is 629 g/mol. The summed E-state index contributed by atoms with van der Waals surface area (Å²) in [5, 5.41) is 33.0. The molecule has 2 aromatic rings. The van der Waals surface area contributed by atoms with Crippen LogP contribution in [0.2, 0.25) is 0 Å². The number of carboxylic acids is 1. The van der Waals surface area contributed by atoms with E-state index in [0.717, 1.165) is 18.4 Å². The van der Waals surface area contributed by atoms with Gasteiger partial charge in [0, 0.05) is 26.2 Å². The van der Waals surface area contributed by atoms with E-state index in [2.05, 4.69) is 17.1 Å². The third kappa shape index (κ3) is 7.37. The zero-order valence-electron chi connectivity index (χ0n) is 25.2. The maximum atomic E-state index is 13.8. The third-order valence-electron chi connectivity index (χ3n) is 9.41. The molecule has 10 nitrogen and oxygen atoms in total. The summed E-state index contributed by atoms with van der Waals surface area (Å²) in [6.45, 7) is 4.57. The highest BCUT2D eigenvalue weighted by atomic mass is 35.5. The Morgan fingerprint density at radius 3 is 2.16 bits per heavy atom. The number of piperazine rings is 1. The quantitative estimate of drug-likeness (QED) is 0.310. The standard InChI is InChI=1S/C33H43N3O7.ClH/c1-2-3-18-36-30(39)28(29(38)23-6-10-25(37)11-7-23)34-32(42)33(36)16-19-35(20-17-33)21-22-4-12-26(13-5-22)43-27-14-8-24(9-15-27)31(40)41;/h4-5,8-9,12-15,23,25,28-29,37-38H,2-3,6-7,10-11,16-21H2,1H3,(H,34,42)(H,40,41);1H/t23-,25-,28-,29-;/m1./s1. The van der Waals surface area contributed by atoms with E-state index in [-0.39, 0.29) is 41.8 Å². The van der Waals surface area contributed by atoms with Gasteiger partial charge >= 0.3 is 5.97 Å². The highest BCUT2D eigenvalue weighted by Crippen LogP contribution is 2.36. The van der Waals surface area contributed by atoms with Crippen LogP contribution in [0.15, 0.2) is 48.5 Å². The second kappa shape index (κ2) is 14.7. The average Bonchev–Trinajstić information content (AvgIpc) is 3.01. The minimum Gasteiger partial charge on any atom is -0.478 e. The van der Waals surface area contributed by atoms with Gasteiger partial charge in [-0.15, -0.1) is 12.4 Å². The summed E-state index contributed by atoms with van der Waals surface area (Å²) in [6.07, 6.45) is 3.93. The summed E-state index contributed by atoms with van der Waals surface area (Å²) < 4.78 is 5.85. The molecule has 2 amide bonds. The lowest BCUT2D eigenvalue weighted by Crippen LogP contribution is -2.75. The summed E-state index contributed by atoms with van der Waals surface area (Å²) in [7, 11) is 0. The number of carbonyl (C=O) groups excluding carboxylic acids is 2. The number of amides is 2. The van der Waals surface area contributed by atoms with Crippen molar-refractivity contribution in [2.75, 3.05) is 19.6 Å². The summed E-state index contributed by atoms with van der Waals surface area (Å²) in [5.41, 5.74) is 0.389. The van der Waals surface area contributed by atoms with Gasteiger partial charge in [0.05, 0.1) is 17.8 Å². The second-order valence-corrected chi connectivity index (χ2v) is 12.2. The van der Waals surface area contributed by atoms with Gasteiger partial charge in [-0.3, -0.25) is 14.5 Å². The fraction of sp³-hybridized carbons (Fsp3) is 0.545. The zero-order chi connectivity index (χ0) is 30.6. The van der Waals surface area contributed by atoms with E-state index in [9.17, 15) is 24.6 Å². The van der Waals surface area contributed by atoms with Gasteiger partial charge in [-0.2, -0.15) is 0 Å². The molecular weight excluding hydrogens is 586 g/mol. The Kier molecular flexibility index (Phi) is 11.3. The van der Waals surface area contributed by atoms with Crippen molar-refractivity contribution in [2.45, 2.75) is 88.6 Å². The van der Waals surface area contributed by atoms with Crippen LogP contribution in [-0.2, 0) is 16.1 Å². The van der Waals surface area contributed by atoms with Gasteiger partial charge in [-0.25, -0.2) is 4.79 Å². The molecule has 0 unspecified atom stereocenters. The van der Waals surface area contributed by atoms with E-state index >= 15 is 0 Å². The van der Waals surface area contributed by atoms with Crippen LogP contribution in [0.1, 0.15) is 74.2 Å². The molecular formula is C33H44ClN3O7. The van der Waals surface area contributed by atoms with Crippen LogP contribution in [0.3, 0.4) is 0 Å². The number of aromatic carboxylic acids is 1. The number of carbonyl (C=O) groups is 3. The molecule has 2 aromatic carbocycles. The van der Waals surface area contributed by atoms with Gasteiger partial charge < -0.3 is 30.3 Å². The summed E-state index contributed by atoms with van der Waals surface area (Å²) in [4.78, 5) is 42.7. The topological polar surface area (TPSA) is 140 Å². The van der Waals surface area contributed by atoms with Gasteiger partial charge in [0.2, 0.25) is 11.8 Å². The van der Waals surface area contributed by atoms with Gasteiger partial charge in [-0.05, 0) is 92.8 Å². The number of likely N-dealkylation sites (tertiary alicyclic amines) is 1. The molecule has 240 valence electrons. The summed E-state index contributed by atoms with van der Waals surface area (Å²) >= 11 is 0. The first-order valence-electron chi connectivity index (χ1n) is 15.5. The number of nitrogens with zero attached hydrogens (tertiary/aromatic N) is 2. The highest BCUT2D eigenvalue weighted by molar-refractivity contribution is 6.00. The Morgan fingerprint density at radius 1 is 1.00 bits per heavy atom. The Morgan fingerprint density at radius 2 is 1.59 bits per heavy atom. The van der Waals surface area contributed by atoms with Crippen molar-refractivity contribution in [3.05, 3.63) is 59.7 Å². The number of rotatable bonds is 10. The van der Waals surface area contributed by atoms with Gasteiger partial charge in [-0.1, -0.05) is 25.5 Å². The van der Waals surface area contributed by atoms with Crippen LogP contribution in [0.25, 0.3) is 0 Å². The molecule has 1 aliphatic carbocycles. The molecule has 0 aromatic heterocycles. The van der Waals surface area contributed by atoms with E-state index in [1.807, 2.05) is 24.3 Å². The number of benzene rings is 2. The van der Waals surface area contributed by atoms with Crippen LogP contribution in [-0.4, -0.2) is 86.3 Å². The van der Waals surface area contributed by atoms with E-state index in [0.29, 0.717) is 76.2 Å². The molecule has 2 atom stereocenters. The molecule has 11 heteroatoms. The van der Waals surface area contributed by atoms with Crippen molar-refractivity contribution in [1.29, 1.82) is 0 Å². The van der Waals surface area contributed by atoms with E-state index in [1.54, 1.807) is 17.0 Å². The molecule has 2 heterocycles. The molecule has 2 aliphatic heterocycles. The summed E-state index contributed by atoms with van der Waals surface area (Å²) in [6, 6.07) is 13.1. The molecule has 4 N–H and O–H groups in total. The normalized spacial score (nSPS) is 24.3. The van der Waals surface area contributed by atoms with Crippen molar-refractivity contribution in [2.24, 2.45) is 5.92 Å². The van der Waals surface area contributed by atoms with Gasteiger partial charge in [0.15, 0.2) is 0 Å². The smallest absolute Gasteiger partial charge is 0.335 e. The Labute approximate surface area is 264 Å². The van der Waals surface area contributed by atoms with Crippen molar-refractivity contribution < 1.29 is 34.4 Å². The van der Waals surface area contributed by atoms with Crippen LogP contribution >= 0.6 is 12.4 Å². The number of nitrogens with one attached hydrogen (secondary N) is 1. The first-order chi connectivity index (χ1) is 20.7. The summed E-state index contributed by atoms with van der Waals surface area (Å²) in [5.74, 6) is -0.248. The predicted molar refractivity (Wildman–Crippen MR) is 167 cm³/mol. The van der Waals surface area contributed by atoms with Crippen molar-refractivity contribution in [3.63, 3.8) is 0 Å². The lowest BCUT2D eigenvalue weighted by molar-refractivity contribution is -0.166. The number of carboxylic acid groups (broad SMARTS) is 1. The van der Waals surface area contributed by atoms with E-state index in [4.69, 9.17) is 9.84 Å². The first kappa shape index (κ1) is 33.7. The van der Waals surface area contributed by atoms with Crippen molar-refractivity contribution in [1.82, 2.24) is 15.1 Å². The second-order valence-electron chi connectivity index (χ2n) is 12.2. The lowest BCUT2D eigenvalue weighted by Gasteiger charge is -2.52. The Balaban J connectivity index is 0.00000442. The van der Waals surface area contributed by atoms with Crippen LogP contribution < -0.4 is 10.1 Å². The lowest BCUT2D eigenvalue weighted by atomic mass is 9.77. The minimum absolute atomic E-state index is 0. The van der Waals surface area contributed by atoms with E-state index < -0.39 is 23.7 Å². The maximum Gasteiger partial charge on any atom is 0.335 e. The SMILES string of the molecule is CCCCN1C(=O)[C@@H]([C@H](O)[C@H]2CC[C@H](O)CC2)NC(=O)C12CCN(Cc1ccc(Oc3ccc(C(=O)O)cc3)cc1)CC2.Cl.